The van der Waals surface area contributed by atoms with Crippen LogP contribution in [0.15, 0.2) is 36.4 Å². The first-order valence-corrected chi connectivity index (χ1v) is 4.61. The van der Waals surface area contributed by atoms with Gasteiger partial charge < -0.3 is 4.74 Å². The molecule has 0 N–H and O–H groups in total. The van der Waals surface area contributed by atoms with E-state index in [-0.39, 0.29) is 5.97 Å². The molecule has 0 aliphatic rings. The van der Waals surface area contributed by atoms with Crippen LogP contribution in [0, 0.1) is 0 Å². The number of benzene rings is 1. The Bertz CT molecular complexity index is 323. The molecular weight excluding hydrogens is 176 g/mol. The second kappa shape index (κ2) is 5.22. The fourth-order valence-corrected chi connectivity index (χ4v) is 1.11. The van der Waals surface area contributed by atoms with Gasteiger partial charge in [0, 0.05) is 6.92 Å². The molecule has 2 heteroatoms. The summed E-state index contributed by atoms with van der Waals surface area (Å²) in [5, 5.41) is 0. The third kappa shape index (κ3) is 3.44. The van der Waals surface area contributed by atoms with Crippen molar-refractivity contribution >= 4 is 5.97 Å². The summed E-state index contributed by atoms with van der Waals surface area (Å²) in [5.74, 6) is 0.313. The SMILES string of the molecule is CC=CCc1ccc(OC(C)=O)cc1. The molecule has 0 bridgehead atoms. The van der Waals surface area contributed by atoms with Gasteiger partial charge in [0.15, 0.2) is 0 Å². The van der Waals surface area contributed by atoms with Gasteiger partial charge in [-0.05, 0) is 31.0 Å². The average molecular weight is 190 g/mol. The number of carbonyl (C=O) groups excluding carboxylic acids is 1. The molecule has 0 amide bonds. The molecule has 1 aromatic rings. The van der Waals surface area contributed by atoms with Crippen LogP contribution in [-0.4, -0.2) is 5.97 Å². The summed E-state index contributed by atoms with van der Waals surface area (Å²) in [5.41, 5.74) is 1.21. The van der Waals surface area contributed by atoms with Crippen LogP contribution in [0.1, 0.15) is 19.4 Å². The largest absolute Gasteiger partial charge is 0.427 e. The number of ether oxygens (including phenoxy) is 1. The molecule has 0 saturated heterocycles. The van der Waals surface area contributed by atoms with Crippen molar-refractivity contribution < 1.29 is 9.53 Å². The van der Waals surface area contributed by atoms with Crippen molar-refractivity contribution in [1.82, 2.24) is 0 Å². The number of hydrogen-bond acceptors (Lipinski definition) is 2. The lowest BCUT2D eigenvalue weighted by molar-refractivity contribution is -0.131. The number of allylic oxidation sites excluding steroid dienone is 2. The Morgan fingerprint density at radius 3 is 2.50 bits per heavy atom. The van der Waals surface area contributed by atoms with E-state index in [1.165, 1.54) is 12.5 Å². The molecule has 0 aromatic heterocycles. The predicted octanol–water partition coefficient (Wildman–Crippen LogP) is 2.73. The van der Waals surface area contributed by atoms with Gasteiger partial charge in [-0.3, -0.25) is 4.79 Å². The molecule has 0 aliphatic heterocycles. The zero-order valence-electron chi connectivity index (χ0n) is 8.49. The van der Waals surface area contributed by atoms with Gasteiger partial charge in [0.1, 0.15) is 5.75 Å². The third-order valence-electron chi connectivity index (χ3n) is 1.77. The smallest absolute Gasteiger partial charge is 0.308 e. The van der Waals surface area contributed by atoms with Crippen molar-refractivity contribution in [2.45, 2.75) is 20.3 Å². The lowest BCUT2D eigenvalue weighted by atomic mass is 10.1. The lowest BCUT2D eigenvalue weighted by Gasteiger charge is -2.01. The molecule has 74 valence electrons. The first kappa shape index (κ1) is 10.5. The van der Waals surface area contributed by atoms with E-state index >= 15 is 0 Å². The van der Waals surface area contributed by atoms with Gasteiger partial charge in [0.2, 0.25) is 0 Å². The van der Waals surface area contributed by atoms with Crippen LogP contribution >= 0.6 is 0 Å². The van der Waals surface area contributed by atoms with Gasteiger partial charge in [-0.1, -0.05) is 24.3 Å². The Morgan fingerprint density at radius 1 is 1.36 bits per heavy atom. The molecule has 1 aromatic carbocycles. The highest BCUT2D eigenvalue weighted by molar-refractivity contribution is 5.69. The molecule has 0 radical (unpaired) electrons. The normalized spacial score (nSPS) is 10.4. The van der Waals surface area contributed by atoms with Crippen LogP contribution in [0.5, 0.6) is 5.75 Å². The van der Waals surface area contributed by atoms with Crippen molar-refractivity contribution in [2.24, 2.45) is 0 Å². The number of carbonyl (C=O) groups is 1. The second-order valence-electron chi connectivity index (χ2n) is 3.01. The molecule has 0 fully saturated rings. The fourth-order valence-electron chi connectivity index (χ4n) is 1.11. The zero-order valence-corrected chi connectivity index (χ0v) is 8.49. The highest BCUT2D eigenvalue weighted by Gasteiger charge is 1.96. The Balaban J connectivity index is 2.63. The summed E-state index contributed by atoms with van der Waals surface area (Å²) in [6.07, 6.45) is 5.01. The number of esters is 1. The van der Waals surface area contributed by atoms with Crippen LogP contribution in [0.4, 0.5) is 0 Å². The monoisotopic (exact) mass is 190 g/mol. The fraction of sp³-hybridized carbons (Fsp3) is 0.250. The molecule has 0 heterocycles. The number of hydrogen-bond donors (Lipinski definition) is 0. The lowest BCUT2D eigenvalue weighted by Crippen LogP contribution is -2.00. The summed E-state index contributed by atoms with van der Waals surface area (Å²) >= 11 is 0. The summed E-state index contributed by atoms with van der Waals surface area (Å²) < 4.78 is 4.92. The quantitative estimate of drug-likeness (QED) is 0.416. The average Bonchev–Trinajstić information content (AvgIpc) is 2.16. The maximum Gasteiger partial charge on any atom is 0.308 e. The molecule has 2 nitrogen and oxygen atoms in total. The minimum absolute atomic E-state index is 0.286. The van der Waals surface area contributed by atoms with E-state index in [1.54, 1.807) is 12.1 Å². The van der Waals surface area contributed by atoms with Gasteiger partial charge in [-0.2, -0.15) is 0 Å². The number of rotatable bonds is 3. The van der Waals surface area contributed by atoms with Crippen molar-refractivity contribution in [3.05, 3.63) is 42.0 Å². The highest BCUT2D eigenvalue weighted by atomic mass is 16.5. The van der Waals surface area contributed by atoms with Crippen LogP contribution in [0.3, 0.4) is 0 Å². The van der Waals surface area contributed by atoms with E-state index in [0.717, 1.165) is 6.42 Å². The maximum atomic E-state index is 10.6. The molecule has 0 aliphatic carbocycles. The van der Waals surface area contributed by atoms with E-state index in [0.29, 0.717) is 5.75 Å². The molecular formula is C12H14O2. The zero-order chi connectivity index (χ0) is 10.4. The first-order valence-electron chi connectivity index (χ1n) is 4.61. The molecule has 14 heavy (non-hydrogen) atoms. The molecule has 0 atom stereocenters. The minimum Gasteiger partial charge on any atom is -0.427 e. The van der Waals surface area contributed by atoms with Gasteiger partial charge in [-0.15, -0.1) is 0 Å². The van der Waals surface area contributed by atoms with E-state index in [2.05, 4.69) is 6.08 Å². The van der Waals surface area contributed by atoms with Crippen LogP contribution in [0.25, 0.3) is 0 Å². The minimum atomic E-state index is -0.286. The Morgan fingerprint density at radius 2 is 2.00 bits per heavy atom. The van der Waals surface area contributed by atoms with E-state index in [1.807, 2.05) is 25.1 Å². The molecule has 1 rings (SSSR count). The molecule has 0 spiro atoms. The van der Waals surface area contributed by atoms with E-state index in [9.17, 15) is 4.79 Å². The van der Waals surface area contributed by atoms with E-state index in [4.69, 9.17) is 4.74 Å². The Kier molecular flexibility index (Phi) is 3.92. The van der Waals surface area contributed by atoms with Gasteiger partial charge in [-0.25, -0.2) is 0 Å². The van der Waals surface area contributed by atoms with Gasteiger partial charge >= 0.3 is 5.97 Å². The highest BCUT2D eigenvalue weighted by Crippen LogP contribution is 2.12. The third-order valence-corrected chi connectivity index (χ3v) is 1.77. The summed E-state index contributed by atoms with van der Waals surface area (Å²) in [4.78, 5) is 10.6. The van der Waals surface area contributed by atoms with Gasteiger partial charge in [0.25, 0.3) is 0 Å². The van der Waals surface area contributed by atoms with Gasteiger partial charge in [0.05, 0.1) is 0 Å². The topological polar surface area (TPSA) is 26.3 Å². The first-order chi connectivity index (χ1) is 6.72. The maximum absolute atomic E-state index is 10.6. The van der Waals surface area contributed by atoms with Crippen LogP contribution in [-0.2, 0) is 11.2 Å². The standard InChI is InChI=1S/C12H14O2/c1-3-4-5-11-6-8-12(9-7-11)14-10(2)13/h3-4,6-9H,5H2,1-2H3. The van der Waals surface area contributed by atoms with Crippen LogP contribution in [0.2, 0.25) is 0 Å². The summed E-state index contributed by atoms with van der Waals surface area (Å²) in [6.45, 7) is 3.39. The summed E-state index contributed by atoms with van der Waals surface area (Å²) in [7, 11) is 0. The summed E-state index contributed by atoms with van der Waals surface area (Å²) in [6, 6.07) is 7.52. The van der Waals surface area contributed by atoms with Crippen molar-refractivity contribution in [1.29, 1.82) is 0 Å². The predicted molar refractivity (Wildman–Crippen MR) is 56.3 cm³/mol. The Labute approximate surface area is 84.2 Å². The van der Waals surface area contributed by atoms with Crippen molar-refractivity contribution in [3.8, 4) is 5.75 Å². The van der Waals surface area contributed by atoms with Crippen molar-refractivity contribution in [2.75, 3.05) is 0 Å². The van der Waals surface area contributed by atoms with E-state index < -0.39 is 0 Å². The Hall–Kier alpha value is -1.57. The second-order valence-corrected chi connectivity index (χ2v) is 3.01. The van der Waals surface area contributed by atoms with Crippen molar-refractivity contribution in [3.63, 3.8) is 0 Å². The molecule has 0 saturated carbocycles. The van der Waals surface area contributed by atoms with Crippen LogP contribution < -0.4 is 4.74 Å². The molecule has 0 unspecified atom stereocenters.